The van der Waals surface area contributed by atoms with Gasteiger partial charge in [0.25, 0.3) is 0 Å². The minimum atomic E-state index is 0.798. The average molecular weight is 251 g/mol. The quantitative estimate of drug-likeness (QED) is 0.699. The largest absolute Gasteiger partial charge is 0.257 e. The molecule has 0 amide bonds. The Morgan fingerprint density at radius 3 is 2.58 bits per heavy atom. The minimum Gasteiger partial charge on any atom is -0.257 e. The second-order valence-electron chi connectivity index (χ2n) is 5.97. The molecule has 0 spiro atoms. The van der Waals surface area contributed by atoms with Crippen molar-refractivity contribution in [2.75, 3.05) is 0 Å². The Balaban J connectivity index is 1.77. The molecule has 0 atom stereocenters. The lowest BCUT2D eigenvalue weighted by atomic mass is 10.0. The van der Waals surface area contributed by atoms with E-state index >= 15 is 0 Å². The summed E-state index contributed by atoms with van der Waals surface area (Å²) in [6.07, 6.45) is 4.78. The van der Waals surface area contributed by atoms with Gasteiger partial charge in [0.05, 0.1) is 5.69 Å². The van der Waals surface area contributed by atoms with Crippen LogP contribution < -0.4 is 0 Å². The molecule has 0 fully saturated rings. The van der Waals surface area contributed by atoms with E-state index in [9.17, 15) is 0 Å². The van der Waals surface area contributed by atoms with Crippen LogP contribution in [0.15, 0.2) is 41.4 Å². The number of benzene rings is 2. The molecule has 98 valence electrons. The Morgan fingerprint density at radius 2 is 1.84 bits per heavy atom. The van der Waals surface area contributed by atoms with Gasteiger partial charge in [-0.25, -0.2) is 0 Å². The van der Waals surface area contributed by atoms with E-state index in [0.717, 1.165) is 18.8 Å². The van der Waals surface area contributed by atoms with Crippen LogP contribution in [0, 0.1) is 5.92 Å². The molecular weight excluding hydrogens is 230 g/mol. The molecule has 0 aromatic heterocycles. The second kappa shape index (κ2) is 5.16. The minimum absolute atomic E-state index is 0.798. The van der Waals surface area contributed by atoms with E-state index in [4.69, 9.17) is 4.99 Å². The zero-order valence-electron chi connectivity index (χ0n) is 11.8. The first-order valence-electron chi connectivity index (χ1n) is 7.30. The number of nitrogens with zero attached hydrogens (tertiary/aromatic N) is 1. The highest BCUT2D eigenvalue weighted by Crippen LogP contribution is 2.32. The van der Waals surface area contributed by atoms with Gasteiger partial charge in [-0.15, -0.1) is 0 Å². The van der Waals surface area contributed by atoms with Gasteiger partial charge >= 0.3 is 0 Å². The number of hydrogen-bond acceptors (Lipinski definition) is 1. The van der Waals surface area contributed by atoms with Crippen molar-refractivity contribution >= 4 is 22.2 Å². The van der Waals surface area contributed by atoms with Crippen LogP contribution in [0.2, 0.25) is 0 Å². The summed E-state index contributed by atoms with van der Waals surface area (Å²) in [4.78, 5) is 4.82. The van der Waals surface area contributed by atoms with Crippen LogP contribution in [0.1, 0.15) is 38.7 Å². The predicted octanol–water partition coefficient (Wildman–Crippen LogP) is 5.29. The summed E-state index contributed by atoms with van der Waals surface area (Å²) in [6.45, 7) is 4.58. The zero-order chi connectivity index (χ0) is 13.2. The molecule has 1 heteroatoms. The van der Waals surface area contributed by atoms with Crippen LogP contribution in [-0.2, 0) is 6.42 Å². The first-order chi connectivity index (χ1) is 9.22. The Hall–Kier alpha value is -1.63. The molecule has 0 aliphatic carbocycles. The molecule has 2 aromatic rings. The standard InChI is InChI=1S/C18H21N/c1-13(2)6-5-9-17-11-16-10-14-7-3-4-8-15(14)12-18(16)19-17/h3-4,7-8,10,12-13H,5-6,9,11H2,1-2H3. The topological polar surface area (TPSA) is 12.4 Å². The number of hydrogen-bond donors (Lipinski definition) is 0. The van der Waals surface area contributed by atoms with Gasteiger partial charge in [0, 0.05) is 12.1 Å². The number of fused-ring (bicyclic) bond motifs is 2. The van der Waals surface area contributed by atoms with Crippen LogP contribution >= 0.6 is 0 Å². The van der Waals surface area contributed by atoms with E-state index in [-0.39, 0.29) is 0 Å². The van der Waals surface area contributed by atoms with Crippen molar-refractivity contribution < 1.29 is 0 Å². The van der Waals surface area contributed by atoms with E-state index in [1.807, 2.05) is 0 Å². The molecule has 0 saturated heterocycles. The molecule has 1 nitrogen and oxygen atoms in total. The molecule has 1 heterocycles. The fourth-order valence-electron chi connectivity index (χ4n) is 2.81. The predicted molar refractivity (Wildman–Crippen MR) is 83.4 cm³/mol. The van der Waals surface area contributed by atoms with Crippen LogP contribution in [-0.4, -0.2) is 5.71 Å². The van der Waals surface area contributed by atoms with Gasteiger partial charge < -0.3 is 0 Å². The van der Waals surface area contributed by atoms with Crippen molar-refractivity contribution in [2.24, 2.45) is 10.9 Å². The van der Waals surface area contributed by atoms with Crippen molar-refractivity contribution in [3.05, 3.63) is 42.0 Å². The monoisotopic (exact) mass is 251 g/mol. The lowest BCUT2D eigenvalue weighted by Crippen LogP contribution is -1.99. The molecule has 0 radical (unpaired) electrons. The molecule has 0 bridgehead atoms. The highest BCUT2D eigenvalue weighted by molar-refractivity contribution is 5.97. The molecule has 0 saturated carbocycles. The van der Waals surface area contributed by atoms with Crippen LogP contribution in [0.3, 0.4) is 0 Å². The van der Waals surface area contributed by atoms with Crippen LogP contribution in [0.4, 0.5) is 5.69 Å². The molecule has 2 aromatic carbocycles. The molecule has 0 N–H and O–H groups in total. The normalized spacial score (nSPS) is 13.9. The van der Waals surface area contributed by atoms with Crippen molar-refractivity contribution in [1.82, 2.24) is 0 Å². The van der Waals surface area contributed by atoms with Gasteiger partial charge in [-0.1, -0.05) is 44.5 Å². The molecule has 0 unspecified atom stereocenters. The third-order valence-corrected chi connectivity index (χ3v) is 3.87. The number of rotatable bonds is 4. The zero-order valence-corrected chi connectivity index (χ0v) is 11.8. The van der Waals surface area contributed by atoms with Crippen molar-refractivity contribution in [1.29, 1.82) is 0 Å². The highest BCUT2D eigenvalue weighted by Gasteiger charge is 2.15. The summed E-state index contributed by atoms with van der Waals surface area (Å²) in [7, 11) is 0. The third kappa shape index (κ3) is 2.70. The summed E-state index contributed by atoms with van der Waals surface area (Å²) in [6, 6.07) is 13.1. The molecule has 1 aliphatic rings. The highest BCUT2D eigenvalue weighted by atomic mass is 14.8. The summed E-state index contributed by atoms with van der Waals surface area (Å²) in [5.41, 5.74) is 3.96. The Kier molecular flexibility index (Phi) is 3.37. The summed E-state index contributed by atoms with van der Waals surface area (Å²) >= 11 is 0. The average Bonchev–Trinajstić information content (AvgIpc) is 2.77. The molecule has 19 heavy (non-hydrogen) atoms. The maximum absolute atomic E-state index is 4.82. The van der Waals surface area contributed by atoms with Gasteiger partial charge in [0.2, 0.25) is 0 Å². The van der Waals surface area contributed by atoms with Crippen molar-refractivity contribution in [2.45, 2.75) is 39.5 Å². The lowest BCUT2D eigenvalue weighted by molar-refractivity contribution is 0.564. The summed E-state index contributed by atoms with van der Waals surface area (Å²) < 4.78 is 0. The van der Waals surface area contributed by atoms with Crippen LogP contribution in [0.5, 0.6) is 0 Å². The Bertz CT molecular complexity index is 623. The maximum atomic E-state index is 4.82. The third-order valence-electron chi connectivity index (χ3n) is 3.87. The van der Waals surface area contributed by atoms with Gasteiger partial charge in [0.1, 0.15) is 0 Å². The van der Waals surface area contributed by atoms with Crippen molar-refractivity contribution in [3.63, 3.8) is 0 Å². The van der Waals surface area contributed by atoms with E-state index in [0.29, 0.717) is 0 Å². The van der Waals surface area contributed by atoms with Gasteiger partial charge in [-0.3, -0.25) is 4.99 Å². The summed E-state index contributed by atoms with van der Waals surface area (Å²) in [5.74, 6) is 0.798. The van der Waals surface area contributed by atoms with E-state index in [1.54, 1.807) is 0 Å². The second-order valence-corrected chi connectivity index (χ2v) is 5.97. The molecule has 3 rings (SSSR count). The Morgan fingerprint density at radius 1 is 1.11 bits per heavy atom. The molecule has 1 aliphatic heterocycles. The van der Waals surface area contributed by atoms with E-state index in [1.165, 1.54) is 40.6 Å². The first kappa shape index (κ1) is 12.4. The first-order valence-corrected chi connectivity index (χ1v) is 7.30. The summed E-state index contributed by atoms with van der Waals surface area (Å²) in [5, 5.41) is 2.63. The maximum Gasteiger partial charge on any atom is 0.0671 e. The SMILES string of the molecule is CC(C)CCCC1=Nc2cc3ccccc3cc2C1. The van der Waals surface area contributed by atoms with Gasteiger partial charge in [-0.2, -0.15) is 0 Å². The van der Waals surface area contributed by atoms with Gasteiger partial charge in [0.15, 0.2) is 0 Å². The number of aliphatic imine (C=N–C) groups is 1. The fourth-order valence-corrected chi connectivity index (χ4v) is 2.81. The molecular formula is C18H21N. The fraction of sp³-hybridized carbons (Fsp3) is 0.389. The van der Waals surface area contributed by atoms with E-state index < -0.39 is 0 Å². The Labute approximate surface area is 115 Å². The smallest absolute Gasteiger partial charge is 0.0671 e. The van der Waals surface area contributed by atoms with E-state index in [2.05, 4.69) is 50.2 Å². The lowest BCUT2D eigenvalue weighted by Gasteiger charge is -2.03. The van der Waals surface area contributed by atoms with Crippen molar-refractivity contribution in [3.8, 4) is 0 Å². The van der Waals surface area contributed by atoms with Crippen LogP contribution in [0.25, 0.3) is 10.8 Å². The van der Waals surface area contributed by atoms with Gasteiger partial charge in [-0.05, 0) is 47.2 Å².